The molecule has 0 spiro atoms. The van der Waals surface area contributed by atoms with Crippen molar-refractivity contribution in [2.75, 3.05) is 19.6 Å². The molecule has 0 radical (unpaired) electrons. The Bertz CT molecular complexity index is 964. The summed E-state index contributed by atoms with van der Waals surface area (Å²) < 4.78 is 27.1. The van der Waals surface area contributed by atoms with Crippen LogP contribution in [0, 0.1) is 5.92 Å². The molecule has 150 valence electrons. The molecule has 1 atom stereocenters. The Morgan fingerprint density at radius 3 is 2.46 bits per heavy atom. The van der Waals surface area contributed by atoms with Gasteiger partial charge in [-0.25, -0.2) is 8.42 Å². The van der Waals surface area contributed by atoms with Gasteiger partial charge in [0.05, 0.1) is 10.9 Å². The summed E-state index contributed by atoms with van der Waals surface area (Å²) >= 11 is 7.62. The van der Waals surface area contributed by atoms with Gasteiger partial charge in [-0.3, -0.25) is 4.79 Å². The van der Waals surface area contributed by atoms with E-state index in [1.165, 1.54) is 26.9 Å². The second kappa shape index (κ2) is 7.78. The van der Waals surface area contributed by atoms with Gasteiger partial charge >= 0.3 is 0 Å². The highest BCUT2D eigenvalue weighted by Crippen LogP contribution is 2.35. The maximum Gasteiger partial charge on any atom is 0.243 e. The van der Waals surface area contributed by atoms with E-state index in [2.05, 4.69) is 18.4 Å². The van der Waals surface area contributed by atoms with Gasteiger partial charge < -0.3 is 4.90 Å². The Labute approximate surface area is 175 Å². The molecule has 1 amide bonds. The third kappa shape index (κ3) is 3.61. The molecule has 2 aliphatic rings. The first kappa shape index (κ1) is 19.9. The molecule has 1 aromatic carbocycles. The maximum absolute atomic E-state index is 13.1. The Morgan fingerprint density at radius 2 is 1.79 bits per heavy atom. The molecule has 1 aromatic heterocycles. The van der Waals surface area contributed by atoms with Crippen LogP contribution in [0.2, 0.25) is 5.02 Å². The van der Waals surface area contributed by atoms with Gasteiger partial charge in [-0.05, 0) is 67.5 Å². The van der Waals surface area contributed by atoms with Crippen LogP contribution in [0.25, 0.3) is 0 Å². The molecule has 1 fully saturated rings. The molecule has 2 aromatic rings. The lowest BCUT2D eigenvalue weighted by atomic mass is 9.93. The van der Waals surface area contributed by atoms with E-state index in [1.807, 2.05) is 4.90 Å². The molecule has 3 heterocycles. The summed E-state index contributed by atoms with van der Waals surface area (Å²) in [7, 11) is -3.54. The fourth-order valence-electron chi connectivity index (χ4n) is 4.14. The molecule has 0 unspecified atom stereocenters. The fourth-order valence-corrected chi connectivity index (χ4v) is 6.70. The van der Waals surface area contributed by atoms with E-state index >= 15 is 0 Å². The number of hydrogen-bond donors (Lipinski definition) is 0. The van der Waals surface area contributed by atoms with E-state index < -0.39 is 10.0 Å². The molecular formula is C20H23ClN2O3S2. The van der Waals surface area contributed by atoms with Crippen molar-refractivity contribution in [1.29, 1.82) is 0 Å². The molecule has 5 nitrogen and oxygen atoms in total. The highest BCUT2D eigenvalue weighted by molar-refractivity contribution is 7.89. The van der Waals surface area contributed by atoms with Gasteiger partial charge in [-0.15, -0.1) is 11.3 Å². The highest BCUT2D eigenvalue weighted by Gasteiger charge is 2.36. The summed E-state index contributed by atoms with van der Waals surface area (Å²) in [6, 6.07) is 8.44. The summed E-state index contributed by atoms with van der Waals surface area (Å²) in [4.78, 5) is 16.7. The van der Waals surface area contributed by atoms with Crippen LogP contribution < -0.4 is 0 Å². The second-order valence-electron chi connectivity index (χ2n) is 7.39. The summed E-state index contributed by atoms with van der Waals surface area (Å²) in [6.45, 7) is 3.57. The summed E-state index contributed by atoms with van der Waals surface area (Å²) in [5.74, 6) is 0.0483. The molecule has 1 saturated heterocycles. The third-order valence-corrected chi connectivity index (χ3v) is 8.98. The maximum atomic E-state index is 13.1. The number of rotatable bonds is 3. The SMILES string of the molecule is C[C@@H]1c2ccsc2CCN1C(=O)C1CCN(S(=O)(=O)c2ccc(Cl)cc2)CC1. The van der Waals surface area contributed by atoms with E-state index in [0.29, 0.717) is 31.0 Å². The minimum absolute atomic E-state index is 0.0957. The van der Waals surface area contributed by atoms with Gasteiger partial charge in [0.1, 0.15) is 0 Å². The minimum atomic E-state index is -3.54. The van der Waals surface area contributed by atoms with E-state index in [0.717, 1.165) is 13.0 Å². The van der Waals surface area contributed by atoms with Crippen molar-refractivity contribution in [3.05, 3.63) is 51.2 Å². The van der Waals surface area contributed by atoms with Crippen LogP contribution in [-0.4, -0.2) is 43.2 Å². The monoisotopic (exact) mass is 438 g/mol. The average molecular weight is 439 g/mol. The highest BCUT2D eigenvalue weighted by atomic mass is 35.5. The number of halogens is 1. The van der Waals surface area contributed by atoms with Gasteiger partial charge in [0.25, 0.3) is 0 Å². The minimum Gasteiger partial charge on any atom is -0.335 e. The molecule has 8 heteroatoms. The third-order valence-electron chi connectivity index (χ3n) is 5.81. The van der Waals surface area contributed by atoms with E-state index in [1.54, 1.807) is 23.5 Å². The Morgan fingerprint density at radius 1 is 1.11 bits per heavy atom. The first-order valence-electron chi connectivity index (χ1n) is 9.50. The van der Waals surface area contributed by atoms with Gasteiger partial charge in [0, 0.05) is 35.5 Å². The Kier molecular flexibility index (Phi) is 5.53. The molecule has 28 heavy (non-hydrogen) atoms. The van der Waals surface area contributed by atoms with Crippen LogP contribution in [0.4, 0.5) is 0 Å². The lowest BCUT2D eigenvalue weighted by Gasteiger charge is -2.38. The largest absolute Gasteiger partial charge is 0.335 e. The number of nitrogens with zero attached hydrogens (tertiary/aromatic N) is 2. The van der Waals surface area contributed by atoms with Crippen LogP contribution in [0.3, 0.4) is 0 Å². The Hall–Kier alpha value is -1.41. The van der Waals surface area contributed by atoms with Crippen LogP contribution in [0.15, 0.2) is 40.6 Å². The van der Waals surface area contributed by atoms with Crippen molar-refractivity contribution < 1.29 is 13.2 Å². The smallest absolute Gasteiger partial charge is 0.243 e. The predicted molar refractivity (Wildman–Crippen MR) is 111 cm³/mol. The van der Waals surface area contributed by atoms with Gasteiger partial charge in [-0.1, -0.05) is 11.6 Å². The summed E-state index contributed by atoms with van der Waals surface area (Å²) in [5.41, 5.74) is 1.26. The topological polar surface area (TPSA) is 57.7 Å². The van der Waals surface area contributed by atoms with Gasteiger partial charge in [0.2, 0.25) is 15.9 Å². The van der Waals surface area contributed by atoms with E-state index in [9.17, 15) is 13.2 Å². The number of carbonyl (C=O) groups is 1. The normalized spacial score (nSPS) is 21.5. The zero-order chi connectivity index (χ0) is 19.9. The second-order valence-corrected chi connectivity index (χ2v) is 10.8. The van der Waals surface area contributed by atoms with Crippen molar-refractivity contribution in [2.24, 2.45) is 5.92 Å². The van der Waals surface area contributed by atoms with Crippen LogP contribution in [-0.2, 0) is 21.2 Å². The number of carbonyl (C=O) groups excluding carboxylic acids is 1. The zero-order valence-corrected chi connectivity index (χ0v) is 18.1. The van der Waals surface area contributed by atoms with Crippen molar-refractivity contribution in [2.45, 2.75) is 37.1 Å². The number of amides is 1. The van der Waals surface area contributed by atoms with Crippen LogP contribution in [0.5, 0.6) is 0 Å². The molecule has 2 aliphatic heterocycles. The summed E-state index contributed by atoms with van der Waals surface area (Å²) in [6.07, 6.45) is 2.03. The predicted octanol–water partition coefficient (Wildman–Crippen LogP) is 3.95. The first-order chi connectivity index (χ1) is 13.4. The first-order valence-corrected chi connectivity index (χ1v) is 12.2. The number of benzene rings is 1. The summed E-state index contributed by atoms with van der Waals surface area (Å²) in [5, 5.41) is 2.60. The van der Waals surface area contributed by atoms with Crippen molar-refractivity contribution in [1.82, 2.24) is 9.21 Å². The van der Waals surface area contributed by atoms with E-state index in [4.69, 9.17) is 11.6 Å². The Balaban J connectivity index is 1.41. The number of hydrogen-bond acceptors (Lipinski definition) is 4. The number of thiophene rings is 1. The molecule has 0 N–H and O–H groups in total. The van der Waals surface area contributed by atoms with Crippen molar-refractivity contribution in [3.8, 4) is 0 Å². The van der Waals surface area contributed by atoms with Crippen LogP contribution in [0.1, 0.15) is 36.2 Å². The molecule has 0 aliphatic carbocycles. The molecule has 0 bridgehead atoms. The molecular weight excluding hydrogens is 416 g/mol. The molecule has 4 rings (SSSR count). The lowest BCUT2D eigenvalue weighted by Crippen LogP contribution is -2.46. The standard InChI is InChI=1S/C20H23ClN2O3S2/c1-14-18-9-13-27-19(18)8-12-23(14)20(24)15-6-10-22(11-7-15)28(25,26)17-4-2-16(21)3-5-17/h2-5,9,13-15H,6-8,10-12H2,1H3/t14-/m1/s1. The fraction of sp³-hybridized carbons (Fsp3) is 0.450. The number of sulfonamides is 1. The van der Waals surface area contributed by atoms with Crippen LogP contribution >= 0.6 is 22.9 Å². The van der Waals surface area contributed by atoms with Crippen molar-refractivity contribution >= 4 is 38.9 Å². The number of piperidine rings is 1. The van der Waals surface area contributed by atoms with Crippen molar-refractivity contribution in [3.63, 3.8) is 0 Å². The lowest BCUT2D eigenvalue weighted by molar-refractivity contribution is -0.139. The van der Waals surface area contributed by atoms with Gasteiger partial charge in [-0.2, -0.15) is 4.31 Å². The van der Waals surface area contributed by atoms with Gasteiger partial charge in [0.15, 0.2) is 0 Å². The number of fused-ring (bicyclic) bond motifs is 1. The zero-order valence-electron chi connectivity index (χ0n) is 15.7. The quantitative estimate of drug-likeness (QED) is 0.729. The average Bonchev–Trinajstić information content (AvgIpc) is 3.18. The van der Waals surface area contributed by atoms with E-state index in [-0.39, 0.29) is 22.8 Å². The molecule has 0 saturated carbocycles.